The summed E-state index contributed by atoms with van der Waals surface area (Å²) in [4.78, 5) is 12.2. The molecule has 0 aromatic heterocycles. The lowest BCUT2D eigenvalue weighted by Crippen LogP contribution is -2.45. The third-order valence-corrected chi connectivity index (χ3v) is 4.79. The molecule has 1 amide bonds. The van der Waals surface area contributed by atoms with Gasteiger partial charge in [-0.3, -0.25) is 4.79 Å². The summed E-state index contributed by atoms with van der Waals surface area (Å²) < 4.78 is 0. The van der Waals surface area contributed by atoms with Gasteiger partial charge in [-0.05, 0) is 55.2 Å². The van der Waals surface area contributed by atoms with Gasteiger partial charge in [-0.1, -0.05) is 38.5 Å². The quantitative estimate of drug-likeness (QED) is 0.874. The zero-order chi connectivity index (χ0) is 15.4. The van der Waals surface area contributed by atoms with Crippen molar-refractivity contribution in [3.05, 3.63) is 34.9 Å². The fourth-order valence-corrected chi connectivity index (χ4v) is 2.93. The Labute approximate surface area is 128 Å². The highest BCUT2D eigenvalue weighted by Crippen LogP contribution is 2.24. The van der Waals surface area contributed by atoms with Gasteiger partial charge in [0.25, 0.3) is 0 Å². The molecule has 2 unspecified atom stereocenters. The second-order valence-electron chi connectivity index (χ2n) is 6.38. The predicted molar refractivity (Wildman–Crippen MR) is 87.1 cm³/mol. The molecule has 0 heterocycles. The van der Waals surface area contributed by atoms with Gasteiger partial charge in [0.1, 0.15) is 0 Å². The van der Waals surface area contributed by atoms with Crippen molar-refractivity contribution in [1.82, 2.24) is 5.32 Å². The van der Waals surface area contributed by atoms with Gasteiger partial charge >= 0.3 is 0 Å². The van der Waals surface area contributed by atoms with Crippen molar-refractivity contribution in [2.45, 2.75) is 65.0 Å². The van der Waals surface area contributed by atoms with Gasteiger partial charge in [0, 0.05) is 0 Å². The standard InChI is InChI=1S/C18H28N2O/c1-4-12(2)17(19)18(21)20-13(3)15-10-9-14-7-5-6-8-16(14)11-15/h9-13,17H,4-8,19H2,1-3H3,(H,20,21)/t12?,13?,17-/m0/s1. The first-order valence-corrected chi connectivity index (χ1v) is 8.20. The highest BCUT2D eigenvalue weighted by atomic mass is 16.2. The van der Waals surface area contributed by atoms with Crippen LogP contribution in [0.25, 0.3) is 0 Å². The van der Waals surface area contributed by atoms with Gasteiger partial charge < -0.3 is 11.1 Å². The molecule has 1 aromatic rings. The Bertz CT molecular complexity index is 498. The zero-order valence-corrected chi connectivity index (χ0v) is 13.5. The van der Waals surface area contributed by atoms with Crippen LogP contribution in [0.15, 0.2) is 18.2 Å². The molecule has 0 fully saturated rings. The number of aryl methyl sites for hydroxylation is 2. The van der Waals surface area contributed by atoms with Crippen molar-refractivity contribution in [2.24, 2.45) is 11.7 Å². The Kier molecular flexibility index (Phi) is 5.40. The molecule has 0 radical (unpaired) electrons. The third-order valence-electron chi connectivity index (χ3n) is 4.79. The highest BCUT2D eigenvalue weighted by Gasteiger charge is 2.21. The monoisotopic (exact) mass is 288 g/mol. The fourth-order valence-electron chi connectivity index (χ4n) is 2.93. The van der Waals surface area contributed by atoms with Crippen LogP contribution in [0.1, 0.15) is 62.8 Å². The van der Waals surface area contributed by atoms with Crippen LogP contribution in [0.4, 0.5) is 0 Å². The predicted octanol–water partition coefficient (Wildman–Crippen LogP) is 3.12. The Morgan fingerprint density at radius 3 is 2.57 bits per heavy atom. The lowest BCUT2D eigenvalue weighted by Gasteiger charge is -2.23. The number of benzene rings is 1. The minimum absolute atomic E-state index is 0.0137. The molecule has 3 heteroatoms. The van der Waals surface area contributed by atoms with Gasteiger partial charge in [-0.2, -0.15) is 0 Å². The van der Waals surface area contributed by atoms with Gasteiger partial charge in [0.05, 0.1) is 12.1 Å². The van der Waals surface area contributed by atoms with Crippen molar-refractivity contribution in [2.75, 3.05) is 0 Å². The molecule has 0 bridgehead atoms. The summed E-state index contributed by atoms with van der Waals surface area (Å²) in [6, 6.07) is 6.22. The van der Waals surface area contributed by atoms with Crippen LogP contribution in [-0.4, -0.2) is 11.9 Å². The van der Waals surface area contributed by atoms with Crippen molar-refractivity contribution >= 4 is 5.91 Å². The molecule has 21 heavy (non-hydrogen) atoms. The molecule has 2 rings (SSSR count). The first-order chi connectivity index (χ1) is 10.0. The third kappa shape index (κ3) is 3.85. The van der Waals surface area contributed by atoms with Crippen molar-refractivity contribution in [1.29, 1.82) is 0 Å². The van der Waals surface area contributed by atoms with E-state index in [-0.39, 0.29) is 17.9 Å². The van der Waals surface area contributed by atoms with Crippen LogP contribution in [-0.2, 0) is 17.6 Å². The number of nitrogens with one attached hydrogen (secondary N) is 1. The van der Waals surface area contributed by atoms with Crippen LogP contribution >= 0.6 is 0 Å². The van der Waals surface area contributed by atoms with E-state index in [0.717, 1.165) is 12.8 Å². The number of amides is 1. The normalized spacial score (nSPS) is 18.5. The molecule has 0 spiro atoms. The summed E-state index contributed by atoms with van der Waals surface area (Å²) in [5, 5.41) is 3.05. The zero-order valence-electron chi connectivity index (χ0n) is 13.5. The van der Waals surface area contributed by atoms with E-state index in [4.69, 9.17) is 5.73 Å². The molecular weight excluding hydrogens is 260 g/mol. The minimum atomic E-state index is -0.421. The Hall–Kier alpha value is -1.35. The Morgan fingerprint density at radius 1 is 1.24 bits per heavy atom. The largest absolute Gasteiger partial charge is 0.348 e. The Balaban J connectivity index is 2.03. The van der Waals surface area contributed by atoms with Crippen LogP contribution in [0, 0.1) is 5.92 Å². The van der Waals surface area contributed by atoms with E-state index in [2.05, 4.69) is 30.4 Å². The van der Waals surface area contributed by atoms with E-state index in [1.807, 2.05) is 13.8 Å². The number of carbonyl (C=O) groups is 1. The lowest BCUT2D eigenvalue weighted by atomic mass is 9.89. The van der Waals surface area contributed by atoms with Gasteiger partial charge in [0.2, 0.25) is 5.91 Å². The van der Waals surface area contributed by atoms with Crippen LogP contribution in [0.2, 0.25) is 0 Å². The number of fused-ring (bicyclic) bond motifs is 1. The molecule has 3 nitrogen and oxygen atoms in total. The molecule has 1 aliphatic rings. The number of hydrogen-bond acceptors (Lipinski definition) is 2. The summed E-state index contributed by atoms with van der Waals surface area (Å²) in [6.07, 6.45) is 5.84. The smallest absolute Gasteiger partial charge is 0.237 e. The van der Waals surface area contributed by atoms with E-state index in [1.165, 1.54) is 36.0 Å². The number of carbonyl (C=O) groups excluding carboxylic acids is 1. The molecule has 1 aromatic carbocycles. The van der Waals surface area contributed by atoms with Gasteiger partial charge in [-0.25, -0.2) is 0 Å². The van der Waals surface area contributed by atoms with Gasteiger partial charge in [0.15, 0.2) is 0 Å². The van der Waals surface area contributed by atoms with E-state index >= 15 is 0 Å². The van der Waals surface area contributed by atoms with E-state index < -0.39 is 6.04 Å². The first kappa shape index (κ1) is 16.0. The summed E-state index contributed by atoms with van der Waals surface area (Å²) in [7, 11) is 0. The summed E-state index contributed by atoms with van der Waals surface area (Å²) in [6.45, 7) is 6.12. The number of hydrogen-bond donors (Lipinski definition) is 2. The highest BCUT2D eigenvalue weighted by molar-refractivity contribution is 5.82. The molecule has 116 valence electrons. The van der Waals surface area contributed by atoms with Crippen molar-refractivity contribution in [3.8, 4) is 0 Å². The summed E-state index contributed by atoms with van der Waals surface area (Å²) in [5.41, 5.74) is 10.1. The molecule has 3 N–H and O–H groups in total. The van der Waals surface area contributed by atoms with Crippen LogP contribution in [0.3, 0.4) is 0 Å². The SMILES string of the molecule is CCC(C)[C@H](N)C(=O)NC(C)c1ccc2c(c1)CCCC2. The molecule has 1 aliphatic carbocycles. The number of nitrogens with two attached hydrogens (primary N) is 1. The summed E-state index contributed by atoms with van der Waals surface area (Å²) in [5.74, 6) is 0.162. The molecule has 0 saturated carbocycles. The fraction of sp³-hybridized carbons (Fsp3) is 0.611. The number of rotatable bonds is 5. The first-order valence-electron chi connectivity index (χ1n) is 8.20. The average Bonchev–Trinajstić information content (AvgIpc) is 2.52. The van der Waals surface area contributed by atoms with Crippen LogP contribution in [0.5, 0.6) is 0 Å². The second-order valence-corrected chi connectivity index (χ2v) is 6.38. The Morgan fingerprint density at radius 2 is 1.90 bits per heavy atom. The van der Waals surface area contributed by atoms with E-state index in [9.17, 15) is 4.79 Å². The lowest BCUT2D eigenvalue weighted by molar-refractivity contribution is -0.124. The molecular formula is C18H28N2O. The maximum absolute atomic E-state index is 12.2. The summed E-state index contributed by atoms with van der Waals surface area (Å²) >= 11 is 0. The van der Waals surface area contributed by atoms with Crippen LogP contribution < -0.4 is 11.1 Å². The van der Waals surface area contributed by atoms with Gasteiger partial charge in [-0.15, -0.1) is 0 Å². The van der Waals surface area contributed by atoms with Crippen molar-refractivity contribution < 1.29 is 4.79 Å². The second kappa shape index (κ2) is 7.08. The molecule has 0 aliphatic heterocycles. The minimum Gasteiger partial charge on any atom is -0.348 e. The topological polar surface area (TPSA) is 55.1 Å². The molecule has 0 saturated heterocycles. The molecule has 3 atom stereocenters. The maximum atomic E-state index is 12.2. The van der Waals surface area contributed by atoms with E-state index in [0.29, 0.717) is 0 Å². The maximum Gasteiger partial charge on any atom is 0.237 e. The average molecular weight is 288 g/mol. The van der Waals surface area contributed by atoms with Crippen molar-refractivity contribution in [3.63, 3.8) is 0 Å². The van der Waals surface area contributed by atoms with E-state index in [1.54, 1.807) is 0 Å².